The summed E-state index contributed by atoms with van der Waals surface area (Å²) in [4.78, 5) is 0.165. The zero-order chi connectivity index (χ0) is 8.51. The summed E-state index contributed by atoms with van der Waals surface area (Å²) in [6, 6.07) is 1.50. The number of hydrogen-bond donors (Lipinski definition) is 0. The van der Waals surface area contributed by atoms with Crippen LogP contribution in [0.15, 0.2) is 15.4 Å². The maximum absolute atomic E-state index is 11.2. The van der Waals surface area contributed by atoms with Crippen molar-refractivity contribution in [3.63, 3.8) is 0 Å². The monoisotopic (exact) mass is 184 g/mol. The van der Waals surface area contributed by atoms with E-state index in [1.807, 2.05) is 0 Å². The van der Waals surface area contributed by atoms with Crippen molar-refractivity contribution in [1.82, 2.24) is 0 Å². The molecule has 0 amide bonds. The molecule has 0 aliphatic carbocycles. The first-order valence-electron chi connectivity index (χ1n) is 3.39. The van der Waals surface area contributed by atoms with Crippen LogP contribution in [0.2, 0.25) is 0 Å². The SMILES string of the molecule is Cc1c2c3oc1cc3S(=O)(=O)O2. The lowest BCUT2D eigenvalue weighted by molar-refractivity contribution is 0.497. The minimum Gasteiger partial charge on any atom is -0.451 e. The average molecular weight is 184 g/mol. The van der Waals surface area contributed by atoms with Gasteiger partial charge in [-0.25, -0.2) is 0 Å². The Morgan fingerprint density at radius 3 is 2.75 bits per heavy atom. The van der Waals surface area contributed by atoms with Crippen molar-refractivity contribution in [2.24, 2.45) is 0 Å². The van der Waals surface area contributed by atoms with E-state index in [1.165, 1.54) is 6.07 Å². The van der Waals surface area contributed by atoms with E-state index in [2.05, 4.69) is 0 Å². The molecule has 0 atom stereocenters. The number of aryl methyl sites for hydroxylation is 1. The molecule has 3 rings (SSSR count). The predicted molar refractivity (Wildman–Crippen MR) is 40.0 cm³/mol. The fraction of sp³-hybridized carbons (Fsp3) is 0.143. The second kappa shape index (κ2) is 1.45. The Hall–Kier alpha value is -1.23. The lowest BCUT2D eigenvalue weighted by Crippen LogP contribution is -2.01. The van der Waals surface area contributed by atoms with E-state index in [0.29, 0.717) is 16.9 Å². The number of hydrogen-bond acceptors (Lipinski definition) is 4. The maximum Gasteiger partial charge on any atom is 0.343 e. The molecule has 0 radical (unpaired) electrons. The van der Waals surface area contributed by atoms with E-state index in [-0.39, 0.29) is 4.90 Å². The Morgan fingerprint density at radius 1 is 1.42 bits per heavy atom. The van der Waals surface area contributed by atoms with Crippen molar-refractivity contribution < 1.29 is 17.0 Å². The van der Waals surface area contributed by atoms with Crippen LogP contribution in [0.25, 0.3) is 11.2 Å². The average Bonchev–Trinajstić information content (AvgIpc) is 2.54. The van der Waals surface area contributed by atoms with E-state index in [9.17, 15) is 8.42 Å². The molecule has 0 unspecified atom stereocenters. The molecule has 3 heterocycles. The molecule has 0 saturated heterocycles. The molecule has 0 N–H and O–H groups in total. The van der Waals surface area contributed by atoms with Gasteiger partial charge in [-0.3, -0.25) is 0 Å². The van der Waals surface area contributed by atoms with Gasteiger partial charge in [0.15, 0.2) is 16.2 Å². The number of rotatable bonds is 0. The highest BCUT2D eigenvalue weighted by molar-refractivity contribution is 7.87. The Labute approximate surface area is 68.2 Å². The topological polar surface area (TPSA) is 56.5 Å². The van der Waals surface area contributed by atoms with E-state index in [4.69, 9.17) is 8.60 Å². The molecule has 2 bridgehead atoms. The van der Waals surface area contributed by atoms with Gasteiger partial charge in [0, 0.05) is 11.6 Å². The smallest absolute Gasteiger partial charge is 0.343 e. The quantitative estimate of drug-likeness (QED) is 0.578. The largest absolute Gasteiger partial charge is 0.451 e. The zero-order valence-electron chi connectivity index (χ0n) is 6.12. The summed E-state index contributed by atoms with van der Waals surface area (Å²) in [6.07, 6.45) is 0. The van der Waals surface area contributed by atoms with Crippen LogP contribution in [-0.2, 0) is 10.1 Å². The van der Waals surface area contributed by atoms with Gasteiger partial charge in [0.05, 0.1) is 0 Å². The van der Waals surface area contributed by atoms with E-state index in [0.717, 1.165) is 5.56 Å². The van der Waals surface area contributed by atoms with Gasteiger partial charge in [-0.05, 0) is 6.92 Å². The molecule has 1 aliphatic rings. The molecular weight excluding hydrogens is 180 g/mol. The van der Waals surface area contributed by atoms with Crippen molar-refractivity contribution >= 4 is 21.3 Å². The first kappa shape index (κ1) is 6.30. The van der Waals surface area contributed by atoms with Gasteiger partial charge in [-0.15, -0.1) is 0 Å². The zero-order valence-corrected chi connectivity index (χ0v) is 6.94. The van der Waals surface area contributed by atoms with Gasteiger partial charge in [-0.1, -0.05) is 0 Å². The number of furan rings is 2. The summed E-state index contributed by atoms with van der Waals surface area (Å²) in [5.41, 5.74) is 1.72. The van der Waals surface area contributed by atoms with Gasteiger partial charge < -0.3 is 8.60 Å². The van der Waals surface area contributed by atoms with Crippen LogP contribution in [0.1, 0.15) is 5.56 Å². The second-order valence-electron chi connectivity index (χ2n) is 2.80. The van der Waals surface area contributed by atoms with Crippen LogP contribution >= 0.6 is 0 Å². The summed E-state index contributed by atoms with van der Waals surface area (Å²) in [7, 11) is -3.54. The molecule has 0 fully saturated rings. The lowest BCUT2D eigenvalue weighted by atomic mass is 10.2. The Balaban J connectivity index is 2.63. The highest BCUT2D eigenvalue weighted by Crippen LogP contribution is 2.46. The second-order valence-corrected chi connectivity index (χ2v) is 4.31. The highest BCUT2D eigenvalue weighted by Gasteiger charge is 2.37. The van der Waals surface area contributed by atoms with Gasteiger partial charge in [-0.2, -0.15) is 8.42 Å². The molecular formula is C7H4O4S. The first-order chi connectivity index (χ1) is 5.59. The molecule has 0 aromatic carbocycles. The third kappa shape index (κ3) is 0.464. The Morgan fingerprint density at radius 2 is 2.17 bits per heavy atom. The molecule has 2 aromatic rings. The van der Waals surface area contributed by atoms with Crippen LogP contribution in [0.5, 0.6) is 5.75 Å². The third-order valence-electron chi connectivity index (χ3n) is 2.08. The molecule has 4 nitrogen and oxygen atoms in total. The van der Waals surface area contributed by atoms with E-state index < -0.39 is 10.1 Å². The Kier molecular flexibility index (Phi) is 0.761. The Bertz CT molecular complexity index is 563. The predicted octanol–water partition coefficient (Wildman–Crippen LogP) is 1.26. The van der Waals surface area contributed by atoms with E-state index in [1.54, 1.807) is 6.92 Å². The third-order valence-corrected chi connectivity index (χ3v) is 3.30. The van der Waals surface area contributed by atoms with Crippen LogP contribution in [0, 0.1) is 6.92 Å². The highest BCUT2D eigenvalue weighted by atomic mass is 32.2. The van der Waals surface area contributed by atoms with Gasteiger partial charge in [0.25, 0.3) is 0 Å². The number of benzene rings is 1. The summed E-state index contributed by atoms with van der Waals surface area (Å²) in [5.74, 6) is 0.363. The van der Waals surface area contributed by atoms with Gasteiger partial charge in [0.1, 0.15) is 5.58 Å². The summed E-state index contributed by atoms with van der Waals surface area (Å²) in [5, 5.41) is 0. The van der Waals surface area contributed by atoms with Crippen LogP contribution in [0.4, 0.5) is 0 Å². The fourth-order valence-corrected chi connectivity index (χ4v) is 2.56. The van der Waals surface area contributed by atoms with Crippen LogP contribution in [0.3, 0.4) is 0 Å². The maximum atomic E-state index is 11.2. The minimum atomic E-state index is -3.54. The van der Waals surface area contributed by atoms with Crippen LogP contribution < -0.4 is 4.18 Å². The molecule has 0 spiro atoms. The summed E-state index contributed by atoms with van der Waals surface area (Å²) in [6.45, 7) is 1.77. The first-order valence-corrected chi connectivity index (χ1v) is 4.80. The molecule has 2 aromatic heterocycles. The number of fused-ring (bicyclic) bond motifs is 1. The van der Waals surface area contributed by atoms with Crippen molar-refractivity contribution in [3.05, 3.63) is 11.6 Å². The fourth-order valence-electron chi connectivity index (χ4n) is 1.44. The molecule has 12 heavy (non-hydrogen) atoms. The molecule has 5 heteroatoms. The summed E-state index contributed by atoms with van der Waals surface area (Å²) < 4.78 is 32.3. The van der Waals surface area contributed by atoms with Gasteiger partial charge >= 0.3 is 10.1 Å². The summed E-state index contributed by atoms with van der Waals surface area (Å²) >= 11 is 0. The molecule has 62 valence electrons. The van der Waals surface area contributed by atoms with Crippen molar-refractivity contribution in [2.75, 3.05) is 0 Å². The van der Waals surface area contributed by atoms with Crippen molar-refractivity contribution in [3.8, 4) is 5.75 Å². The van der Waals surface area contributed by atoms with Crippen molar-refractivity contribution in [1.29, 1.82) is 0 Å². The molecule has 1 aliphatic heterocycles. The van der Waals surface area contributed by atoms with Gasteiger partial charge in [0.2, 0.25) is 0 Å². The standard InChI is InChI=1S/C7H4O4S/c1-3-4-2-5-7(10-4)6(3)11-12(5,8)9/h2H,1H3. The normalized spacial score (nSPS) is 18.8. The minimum absolute atomic E-state index is 0.165. The van der Waals surface area contributed by atoms with Crippen molar-refractivity contribution in [2.45, 2.75) is 11.8 Å². The van der Waals surface area contributed by atoms with Crippen LogP contribution in [-0.4, -0.2) is 8.42 Å². The lowest BCUT2D eigenvalue weighted by Gasteiger charge is -1.92. The van der Waals surface area contributed by atoms with E-state index >= 15 is 0 Å². The molecule has 0 saturated carbocycles.